The molecule has 5 nitrogen and oxygen atoms in total. The Balaban J connectivity index is 2.93. The summed E-state index contributed by atoms with van der Waals surface area (Å²) in [6.45, 7) is 3.42. The first kappa shape index (κ1) is 15.3. The maximum Gasteiger partial charge on any atom is 0.240 e. The maximum atomic E-state index is 12.8. The molecule has 0 bridgehead atoms. The molecule has 0 saturated heterocycles. The number of nitrogens with two attached hydrogens (primary N) is 1. The quantitative estimate of drug-likeness (QED) is 0.728. The minimum absolute atomic E-state index is 0.193. The number of amides is 1. The van der Waals surface area contributed by atoms with Crippen LogP contribution in [-0.4, -0.2) is 20.1 Å². The number of benzene rings is 1. The van der Waals surface area contributed by atoms with E-state index in [-0.39, 0.29) is 17.7 Å². The van der Waals surface area contributed by atoms with E-state index < -0.39 is 27.8 Å². The Morgan fingerprint density at radius 1 is 1.42 bits per heavy atom. The first-order valence-corrected chi connectivity index (χ1v) is 7.16. The number of hydrogen-bond donors (Lipinski definition) is 2. The van der Waals surface area contributed by atoms with Gasteiger partial charge in [0.15, 0.2) is 0 Å². The maximum absolute atomic E-state index is 12.8. The number of carbonyl (C=O) groups is 1. The lowest BCUT2D eigenvalue weighted by atomic mass is 10.1. The summed E-state index contributed by atoms with van der Waals surface area (Å²) >= 11 is 0. The van der Waals surface area contributed by atoms with E-state index in [1.165, 1.54) is 18.2 Å². The number of allylic oxidation sites excluding steroid dienone is 1. The molecule has 0 fully saturated rings. The first-order chi connectivity index (χ1) is 8.85. The van der Waals surface area contributed by atoms with Gasteiger partial charge in [-0.2, -0.15) is 4.72 Å². The Hall–Kier alpha value is -1.73. The van der Waals surface area contributed by atoms with Crippen LogP contribution in [0.1, 0.15) is 18.0 Å². The standard InChI is InChI=1S/C12H15FN2O3S/c1-2-3-8-19(17,18)15-11(12(14)16)9-4-6-10(13)7-5-9/h2,4-7,11,15H,1,3,8H2,(H2,14,16)/t11-/m1/s1. The number of hydrogen-bond acceptors (Lipinski definition) is 3. The van der Waals surface area contributed by atoms with E-state index in [1.807, 2.05) is 0 Å². The van der Waals surface area contributed by atoms with Gasteiger partial charge < -0.3 is 5.73 Å². The normalized spacial score (nSPS) is 12.9. The fraction of sp³-hybridized carbons (Fsp3) is 0.250. The summed E-state index contributed by atoms with van der Waals surface area (Å²) in [6.07, 6.45) is 1.71. The SMILES string of the molecule is C=CCCS(=O)(=O)N[C@@H](C(N)=O)c1ccc(F)cc1. The zero-order valence-corrected chi connectivity index (χ0v) is 11.0. The Bertz CT molecular complexity index is 555. The van der Waals surface area contributed by atoms with Crippen molar-refractivity contribution in [2.24, 2.45) is 5.73 Å². The zero-order valence-electron chi connectivity index (χ0n) is 10.2. The molecule has 1 atom stereocenters. The Morgan fingerprint density at radius 2 is 2.00 bits per heavy atom. The molecule has 0 saturated carbocycles. The molecule has 1 amide bonds. The summed E-state index contributed by atoms with van der Waals surface area (Å²) in [5, 5.41) is 0. The highest BCUT2D eigenvalue weighted by Crippen LogP contribution is 2.14. The molecule has 3 N–H and O–H groups in total. The molecule has 0 unspecified atom stereocenters. The third kappa shape index (κ3) is 4.80. The summed E-state index contributed by atoms with van der Waals surface area (Å²) in [7, 11) is -3.66. The van der Waals surface area contributed by atoms with Crippen LogP contribution in [0.5, 0.6) is 0 Å². The van der Waals surface area contributed by atoms with E-state index in [1.54, 1.807) is 0 Å². The molecular weight excluding hydrogens is 271 g/mol. The summed E-state index contributed by atoms with van der Waals surface area (Å²) < 4.78 is 38.4. The number of primary amides is 1. The van der Waals surface area contributed by atoms with Crippen LogP contribution in [0.25, 0.3) is 0 Å². The predicted molar refractivity (Wildman–Crippen MR) is 70.1 cm³/mol. The van der Waals surface area contributed by atoms with E-state index >= 15 is 0 Å². The fourth-order valence-electron chi connectivity index (χ4n) is 1.42. The van der Waals surface area contributed by atoms with Gasteiger partial charge in [0, 0.05) is 0 Å². The molecule has 1 rings (SSSR count). The van der Waals surface area contributed by atoms with Crippen LogP contribution < -0.4 is 10.5 Å². The minimum Gasteiger partial charge on any atom is -0.368 e. The fourth-order valence-corrected chi connectivity index (χ4v) is 2.63. The highest BCUT2D eigenvalue weighted by Gasteiger charge is 2.23. The number of rotatable bonds is 7. The van der Waals surface area contributed by atoms with Gasteiger partial charge in [-0.1, -0.05) is 18.2 Å². The minimum atomic E-state index is -3.66. The third-order valence-electron chi connectivity index (χ3n) is 2.38. The van der Waals surface area contributed by atoms with Crippen molar-refractivity contribution in [1.29, 1.82) is 0 Å². The molecule has 104 valence electrons. The second-order valence-corrected chi connectivity index (χ2v) is 5.77. The van der Waals surface area contributed by atoms with Crippen molar-refractivity contribution in [3.8, 4) is 0 Å². The van der Waals surface area contributed by atoms with Gasteiger partial charge >= 0.3 is 0 Å². The van der Waals surface area contributed by atoms with E-state index in [2.05, 4.69) is 11.3 Å². The summed E-state index contributed by atoms with van der Waals surface area (Å²) in [6, 6.07) is 3.66. The van der Waals surface area contributed by atoms with Gasteiger partial charge in [-0.3, -0.25) is 4.79 Å². The van der Waals surface area contributed by atoms with Crippen LogP contribution in [0.3, 0.4) is 0 Å². The molecular formula is C12H15FN2O3S. The van der Waals surface area contributed by atoms with Crippen molar-refractivity contribution in [2.45, 2.75) is 12.5 Å². The molecule has 0 heterocycles. The van der Waals surface area contributed by atoms with Crippen LogP contribution in [0.15, 0.2) is 36.9 Å². The van der Waals surface area contributed by atoms with Crippen LogP contribution in [0, 0.1) is 5.82 Å². The van der Waals surface area contributed by atoms with Gasteiger partial charge in [0.25, 0.3) is 0 Å². The van der Waals surface area contributed by atoms with Crippen LogP contribution in [0.4, 0.5) is 4.39 Å². The highest BCUT2D eigenvalue weighted by molar-refractivity contribution is 7.89. The molecule has 0 aromatic heterocycles. The van der Waals surface area contributed by atoms with Gasteiger partial charge in [-0.25, -0.2) is 12.8 Å². The predicted octanol–water partition coefficient (Wildman–Crippen LogP) is 0.848. The Kier molecular flexibility index (Phi) is 5.20. The molecule has 0 aliphatic heterocycles. The van der Waals surface area contributed by atoms with Crippen LogP contribution in [0.2, 0.25) is 0 Å². The van der Waals surface area contributed by atoms with E-state index in [9.17, 15) is 17.6 Å². The second kappa shape index (κ2) is 6.44. The average molecular weight is 286 g/mol. The lowest BCUT2D eigenvalue weighted by Gasteiger charge is -2.15. The van der Waals surface area contributed by atoms with Crippen LogP contribution >= 0.6 is 0 Å². The molecule has 0 radical (unpaired) electrons. The Morgan fingerprint density at radius 3 is 2.47 bits per heavy atom. The van der Waals surface area contributed by atoms with Crippen molar-refractivity contribution in [2.75, 3.05) is 5.75 Å². The van der Waals surface area contributed by atoms with Crippen molar-refractivity contribution in [3.05, 3.63) is 48.3 Å². The highest BCUT2D eigenvalue weighted by atomic mass is 32.2. The molecule has 0 aliphatic rings. The van der Waals surface area contributed by atoms with E-state index in [0.717, 1.165) is 12.1 Å². The topological polar surface area (TPSA) is 89.3 Å². The van der Waals surface area contributed by atoms with Crippen LogP contribution in [-0.2, 0) is 14.8 Å². The van der Waals surface area contributed by atoms with Crippen molar-refractivity contribution in [1.82, 2.24) is 4.72 Å². The molecule has 1 aromatic rings. The molecule has 1 aromatic carbocycles. The third-order valence-corrected chi connectivity index (χ3v) is 3.74. The first-order valence-electron chi connectivity index (χ1n) is 5.51. The monoisotopic (exact) mass is 286 g/mol. The second-order valence-electron chi connectivity index (χ2n) is 3.90. The Labute approximate surface area is 111 Å². The van der Waals surface area contributed by atoms with Gasteiger partial charge in [0.05, 0.1) is 5.75 Å². The van der Waals surface area contributed by atoms with Gasteiger partial charge in [0.2, 0.25) is 15.9 Å². The zero-order chi connectivity index (χ0) is 14.5. The van der Waals surface area contributed by atoms with Gasteiger partial charge in [-0.15, -0.1) is 6.58 Å². The molecule has 0 aliphatic carbocycles. The summed E-state index contributed by atoms with van der Waals surface area (Å²) in [4.78, 5) is 11.3. The van der Waals surface area contributed by atoms with Crippen molar-refractivity contribution >= 4 is 15.9 Å². The van der Waals surface area contributed by atoms with Gasteiger partial charge in [0.1, 0.15) is 11.9 Å². The molecule has 19 heavy (non-hydrogen) atoms. The number of nitrogens with one attached hydrogen (secondary N) is 1. The number of carbonyl (C=O) groups excluding carboxylic acids is 1. The lowest BCUT2D eigenvalue weighted by molar-refractivity contribution is -0.119. The van der Waals surface area contributed by atoms with E-state index in [4.69, 9.17) is 5.73 Å². The average Bonchev–Trinajstić information content (AvgIpc) is 2.35. The number of sulfonamides is 1. The smallest absolute Gasteiger partial charge is 0.240 e. The van der Waals surface area contributed by atoms with E-state index in [0.29, 0.717) is 0 Å². The molecule has 7 heteroatoms. The van der Waals surface area contributed by atoms with Gasteiger partial charge in [-0.05, 0) is 24.1 Å². The molecule has 0 spiro atoms. The lowest BCUT2D eigenvalue weighted by Crippen LogP contribution is -2.38. The number of halogens is 1. The van der Waals surface area contributed by atoms with Crippen molar-refractivity contribution < 1.29 is 17.6 Å². The largest absolute Gasteiger partial charge is 0.368 e. The summed E-state index contributed by atoms with van der Waals surface area (Å²) in [5.74, 6) is -1.53. The summed E-state index contributed by atoms with van der Waals surface area (Å²) in [5.41, 5.74) is 5.45. The van der Waals surface area contributed by atoms with Crippen molar-refractivity contribution in [3.63, 3.8) is 0 Å².